The van der Waals surface area contributed by atoms with Crippen molar-refractivity contribution in [2.24, 2.45) is 50.2 Å². The smallest absolute Gasteiger partial charge is 0.187 e. The highest BCUT2D eigenvalue weighted by atomic mass is 16.8. The third-order valence-corrected chi connectivity index (χ3v) is 22.3. The minimum absolute atomic E-state index is 0.0639. The fourth-order valence-corrected chi connectivity index (χ4v) is 17.6. The molecule has 10 fully saturated rings. The van der Waals surface area contributed by atoms with Gasteiger partial charge >= 0.3 is 0 Å². The first-order chi connectivity index (χ1) is 35.2. The fraction of sp³-hybridized carbons (Fsp3) is 0.981. The minimum atomic E-state index is -1.92. The number of carbonyl (C=O) groups excluding carboxylic acids is 1. The summed E-state index contributed by atoms with van der Waals surface area (Å²) >= 11 is 0. The number of aldehydes is 1. The third-order valence-electron chi connectivity index (χ3n) is 22.3. The summed E-state index contributed by atoms with van der Waals surface area (Å²) < 4.78 is 56.8. The van der Waals surface area contributed by atoms with Gasteiger partial charge in [-0.05, 0) is 105 Å². The molecule has 0 amide bonds. The first-order valence-corrected chi connectivity index (χ1v) is 27.5. The van der Waals surface area contributed by atoms with Crippen LogP contribution in [0, 0.1) is 50.2 Å². The van der Waals surface area contributed by atoms with E-state index >= 15 is 0 Å². The molecule has 0 aromatic rings. The van der Waals surface area contributed by atoms with Crippen LogP contribution in [0.25, 0.3) is 0 Å². The van der Waals surface area contributed by atoms with Crippen LogP contribution in [0.2, 0.25) is 0 Å². The number of rotatable bonds is 11. The number of aliphatic hydroxyl groups is 12. The summed E-state index contributed by atoms with van der Waals surface area (Å²) in [6.07, 6.45) is -24.0. The number of carbonyl (C=O) groups is 1. The van der Waals surface area contributed by atoms with E-state index in [0.717, 1.165) is 51.2 Å². The minimum Gasteiger partial charge on any atom is -0.394 e. The van der Waals surface area contributed by atoms with E-state index in [2.05, 4.69) is 41.5 Å². The first-order valence-electron chi connectivity index (χ1n) is 27.5. The molecule has 30 atom stereocenters. The number of fused-ring (bicyclic) bond motifs is 4. The molecular weight excluding hydrogens is 989 g/mol. The lowest BCUT2D eigenvalue weighted by molar-refractivity contribution is -0.401. The van der Waals surface area contributed by atoms with Crippen molar-refractivity contribution in [3.63, 3.8) is 0 Å². The number of ether oxygens (including phenoxy) is 9. The van der Waals surface area contributed by atoms with Gasteiger partial charge in [0.05, 0.1) is 50.3 Å². The number of hydrogen-bond acceptors (Lipinski definition) is 22. The molecule has 1 spiro atoms. The van der Waals surface area contributed by atoms with Crippen molar-refractivity contribution in [3.8, 4) is 0 Å². The van der Waals surface area contributed by atoms with Crippen molar-refractivity contribution in [1.29, 1.82) is 0 Å². The van der Waals surface area contributed by atoms with Crippen molar-refractivity contribution in [1.82, 2.24) is 0 Å². The topological polar surface area (TPSA) is 343 Å². The molecule has 2 bridgehead atoms. The molecule has 75 heavy (non-hydrogen) atoms. The highest BCUT2D eigenvalue weighted by Crippen LogP contribution is 2.80. The highest BCUT2D eigenvalue weighted by molar-refractivity contribution is 5.59. The van der Waals surface area contributed by atoms with Crippen molar-refractivity contribution in [2.75, 3.05) is 26.4 Å². The van der Waals surface area contributed by atoms with E-state index in [9.17, 15) is 66.1 Å². The van der Waals surface area contributed by atoms with Crippen LogP contribution in [-0.2, 0) is 47.4 Å². The fourth-order valence-electron chi connectivity index (χ4n) is 17.6. The zero-order chi connectivity index (χ0) is 54.3. The second kappa shape index (κ2) is 20.1. The Labute approximate surface area is 437 Å². The van der Waals surface area contributed by atoms with Crippen molar-refractivity contribution >= 4 is 6.29 Å². The van der Waals surface area contributed by atoms with Crippen LogP contribution < -0.4 is 0 Å². The molecule has 5 heterocycles. The highest BCUT2D eigenvalue weighted by Gasteiger charge is 2.80. The standard InChI is InChI=1S/C53H86O22/c1-23-32(59)35(62)38(65)43(69-23)74-41-37(64)34(61)26(19-55)71-46(41)73-40-24(57)20-67-45(42(40)75-44-39(66)36(63)33(60)25(18-54)70-44)72-31-10-11-49(5)27(47(31,2)3)8-12-50(6)28(49)9-13-53-29-16-48(4,21-56)14-15-52(29,22-68-53)30(58)17-51(50,53)7/h21,23-46,54-55,57-66H,8-20,22H2,1-7H3/t23-,24-,25+,26+,27-,28+,29+,30+,31-,32-,33+,34+,35+,36-,37-,38+,39+,40-,41+,42+,43+,44+,45-,46-,48-,49-,50+,51-,52+,53-/m0/s1. The SMILES string of the molecule is C[C@@H]1O[C@H](O[C@H]2[C@H](O[C@@H]3[C@@H](O[C@H]4O[C@H](CO)[C@@H](O)[C@H](O)[C@H]4O)[C@H](O[C@H]4CC[C@]5(C)[C@H]6CC[C@]78OC[C@@]9(CC[C@](C)(C=O)C[C@H]97)[C@H](O)C[C@@]8(C)[C@]6(C)CC[C@H]5C4(C)C)OC[C@@H]3O)O[C@H](CO)[C@@H](O)[C@@H]2O)[C@H](O)[C@H](O)[C@H]1O. The summed E-state index contributed by atoms with van der Waals surface area (Å²) in [5.41, 5.74) is -2.67. The number of aliphatic hydroxyl groups excluding tert-OH is 12. The largest absolute Gasteiger partial charge is 0.394 e. The van der Waals surface area contributed by atoms with Gasteiger partial charge in [0.2, 0.25) is 0 Å². The van der Waals surface area contributed by atoms with E-state index in [1.54, 1.807) is 0 Å². The predicted molar refractivity (Wildman–Crippen MR) is 255 cm³/mol. The summed E-state index contributed by atoms with van der Waals surface area (Å²) in [5.74, 6) is 0.408. The lowest BCUT2D eigenvalue weighted by atomic mass is 9.30. The van der Waals surface area contributed by atoms with Gasteiger partial charge in [-0.3, -0.25) is 0 Å². The normalized spacial score (nSPS) is 58.5. The van der Waals surface area contributed by atoms with Crippen LogP contribution in [0.15, 0.2) is 0 Å². The summed E-state index contributed by atoms with van der Waals surface area (Å²) in [4.78, 5) is 12.6. The molecule has 0 unspecified atom stereocenters. The first kappa shape index (κ1) is 57.1. The number of hydrogen-bond donors (Lipinski definition) is 12. The van der Waals surface area contributed by atoms with Gasteiger partial charge in [-0.2, -0.15) is 0 Å². The zero-order valence-corrected chi connectivity index (χ0v) is 44.3. The van der Waals surface area contributed by atoms with Crippen LogP contribution in [0.3, 0.4) is 0 Å². The molecule has 5 saturated heterocycles. The summed E-state index contributed by atoms with van der Waals surface area (Å²) in [5, 5.41) is 132. The van der Waals surface area contributed by atoms with Gasteiger partial charge in [0.25, 0.3) is 0 Å². The molecule has 0 aromatic heterocycles. The summed E-state index contributed by atoms with van der Waals surface area (Å²) in [6, 6.07) is 0. The van der Waals surface area contributed by atoms with E-state index < -0.39 is 165 Å². The van der Waals surface area contributed by atoms with E-state index in [1.165, 1.54) is 6.92 Å². The predicted octanol–water partition coefficient (Wildman–Crippen LogP) is -1.50. The molecule has 5 aliphatic carbocycles. The van der Waals surface area contributed by atoms with E-state index in [4.69, 9.17) is 42.6 Å². The molecule has 0 aromatic carbocycles. The molecule has 430 valence electrons. The van der Waals surface area contributed by atoms with Crippen LogP contribution in [0.4, 0.5) is 0 Å². The summed E-state index contributed by atoms with van der Waals surface area (Å²) in [6.45, 7) is 13.5. The Kier molecular flexibility index (Phi) is 15.3. The van der Waals surface area contributed by atoms with Crippen molar-refractivity contribution in [3.05, 3.63) is 0 Å². The molecule has 22 heteroatoms. The van der Waals surface area contributed by atoms with Gasteiger partial charge < -0.3 is 109 Å². The monoisotopic (exact) mass is 1070 g/mol. The maximum atomic E-state index is 12.6. The Balaban J connectivity index is 0.934. The summed E-state index contributed by atoms with van der Waals surface area (Å²) in [7, 11) is 0. The lowest BCUT2D eigenvalue weighted by Gasteiger charge is -2.75. The van der Waals surface area contributed by atoms with Crippen molar-refractivity contribution < 1.29 is 109 Å². The Morgan fingerprint density at radius 1 is 0.560 bits per heavy atom. The molecule has 12 N–H and O–H groups in total. The molecule has 10 aliphatic rings. The lowest BCUT2D eigenvalue weighted by Crippen LogP contribution is -2.74. The van der Waals surface area contributed by atoms with Gasteiger partial charge in [-0.15, -0.1) is 0 Å². The van der Waals surface area contributed by atoms with Crippen LogP contribution in [-0.4, -0.2) is 229 Å². The quantitative estimate of drug-likeness (QED) is 0.0827. The van der Waals surface area contributed by atoms with Gasteiger partial charge in [-0.1, -0.05) is 41.5 Å². The Hall–Kier alpha value is -1.17. The van der Waals surface area contributed by atoms with E-state index in [-0.39, 0.29) is 39.4 Å². The van der Waals surface area contributed by atoms with Crippen LogP contribution in [0.5, 0.6) is 0 Å². The maximum absolute atomic E-state index is 12.6. The van der Waals surface area contributed by atoms with Crippen LogP contribution in [0.1, 0.15) is 113 Å². The molecular formula is C53H86O22. The van der Waals surface area contributed by atoms with E-state index in [1.807, 2.05) is 0 Å². The second-order valence-corrected chi connectivity index (χ2v) is 26.2. The average molecular weight is 1080 g/mol. The Bertz CT molecular complexity index is 2050. The Morgan fingerprint density at radius 3 is 1.83 bits per heavy atom. The maximum Gasteiger partial charge on any atom is 0.187 e. The molecule has 22 nitrogen and oxygen atoms in total. The van der Waals surface area contributed by atoms with Crippen molar-refractivity contribution in [2.45, 2.75) is 247 Å². The van der Waals surface area contributed by atoms with E-state index in [0.29, 0.717) is 25.9 Å². The van der Waals surface area contributed by atoms with Crippen LogP contribution >= 0.6 is 0 Å². The third kappa shape index (κ3) is 8.54. The van der Waals surface area contributed by atoms with Gasteiger partial charge in [0, 0.05) is 16.2 Å². The molecule has 0 radical (unpaired) electrons. The molecule has 5 saturated carbocycles. The van der Waals surface area contributed by atoms with Gasteiger partial charge in [0.1, 0.15) is 91.7 Å². The zero-order valence-electron chi connectivity index (χ0n) is 44.3. The Morgan fingerprint density at radius 2 is 1.16 bits per heavy atom. The van der Waals surface area contributed by atoms with Gasteiger partial charge in [0.15, 0.2) is 25.2 Å². The second-order valence-electron chi connectivity index (χ2n) is 26.2. The van der Waals surface area contributed by atoms with Gasteiger partial charge in [-0.25, -0.2) is 0 Å². The average Bonchev–Trinajstić information content (AvgIpc) is 3.84. The molecule has 5 aliphatic heterocycles. The molecule has 10 rings (SSSR count).